The minimum atomic E-state index is -0.926. The third-order valence-electron chi connectivity index (χ3n) is 5.88. The third-order valence-corrected chi connectivity index (χ3v) is 5.88. The SMILES string of the molecule is O=C(OCC(=O)c1cccc2ccccc12)c1ccccc1N1C(=O)c2cccc([N+](=O)[O-])c2C1=O. The van der Waals surface area contributed by atoms with Crippen molar-refractivity contribution in [2.45, 2.75) is 0 Å². The summed E-state index contributed by atoms with van der Waals surface area (Å²) in [5.74, 6) is -3.07. The van der Waals surface area contributed by atoms with Gasteiger partial charge in [-0.2, -0.15) is 0 Å². The number of imide groups is 1. The lowest BCUT2D eigenvalue weighted by Crippen LogP contribution is -2.31. The monoisotopic (exact) mass is 480 g/mol. The number of ether oxygens (including phenoxy) is 1. The van der Waals surface area contributed by atoms with Crippen LogP contribution < -0.4 is 4.90 Å². The highest BCUT2D eigenvalue weighted by molar-refractivity contribution is 6.36. The maximum absolute atomic E-state index is 13.1. The van der Waals surface area contributed by atoms with Crippen LogP contribution in [0.2, 0.25) is 0 Å². The number of hydrogen-bond donors (Lipinski definition) is 0. The number of nitrogens with zero attached hydrogens (tertiary/aromatic N) is 2. The van der Waals surface area contributed by atoms with Crippen molar-refractivity contribution >= 4 is 45.7 Å². The second kappa shape index (κ2) is 8.88. The summed E-state index contributed by atoms with van der Waals surface area (Å²) in [6, 6.07) is 22.0. The number of carbonyl (C=O) groups excluding carboxylic acids is 4. The van der Waals surface area contributed by atoms with E-state index < -0.39 is 40.8 Å². The number of Topliss-reactive ketones (excluding diaryl/α,β-unsaturated/α-hetero) is 1. The molecule has 1 aliphatic heterocycles. The van der Waals surface area contributed by atoms with Crippen LogP contribution in [0.1, 0.15) is 41.4 Å². The van der Waals surface area contributed by atoms with Gasteiger partial charge in [-0.1, -0.05) is 60.7 Å². The number of anilines is 1. The second-order valence-corrected chi connectivity index (χ2v) is 7.95. The Labute approximate surface area is 203 Å². The lowest BCUT2D eigenvalue weighted by molar-refractivity contribution is -0.385. The number of amides is 2. The fourth-order valence-corrected chi connectivity index (χ4v) is 4.23. The first-order chi connectivity index (χ1) is 17.4. The number of esters is 1. The van der Waals surface area contributed by atoms with Gasteiger partial charge in [-0.05, 0) is 29.0 Å². The van der Waals surface area contributed by atoms with E-state index in [4.69, 9.17) is 4.74 Å². The van der Waals surface area contributed by atoms with E-state index in [0.717, 1.165) is 11.5 Å². The summed E-state index contributed by atoms with van der Waals surface area (Å²) in [6.07, 6.45) is 0. The predicted octanol–water partition coefficient (Wildman–Crippen LogP) is 4.59. The van der Waals surface area contributed by atoms with Gasteiger partial charge in [0, 0.05) is 11.6 Å². The number of para-hydroxylation sites is 1. The maximum atomic E-state index is 13.1. The van der Waals surface area contributed by atoms with Crippen molar-refractivity contribution in [3.8, 4) is 0 Å². The summed E-state index contributed by atoms with van der Waals surface area (Å²) in [6.45, 7) is -0.561. The number of ketones is 1. The number of fused-ring (bicyclic) bond motifs is 2. The molecule has 0 N–H and O–H groups in total. The molecule has 0 aromatic heterocycles. The van der Waals surface area contributed by atoms with E-state index in [-0.39, 0.29) is 22.4 Å². The first kappa shape index (κ1) is 22.6. The van der Waals surface area contributed by atoms with Crippen LogP contribution in [0.5, 0.6) is 0 Å². The molecule has 36 heavy (non-hydrogen) atoms. The molecule has 0 unspecified atom stereocenters. The fraction of sp³-hybridized carbons (Fsp3) is 0.0370. The van der Waals surface area contributed by atoms with E-state index in [1.165, 1.54) is 36.4 Å². The number of nitro groups is 1. The molecule has 0 bridgehead atoms. The molecule has 176 valence electrons. The molecule has 5 rings (SSSR count). The van der Waals surface area contributed by atoms with E-state index in [1.807, 2.05) is 18.2 Å². The van der Waals surface area contributed by atoms with Gasteiger partial charge in [0.15, 0.2) is 6.61 Å². The lowest BCUT2D eigenvalue weighted by Gasteiger charge is -2.17. The number of rotatable bonds is 6. The zero-order valence-electron chi connectivity index (χ0n) is 18.5. The highest BCUT2D eigenvalue weighted by atomic mass is 16.6. The fourth-order valence-electron chi connectivity index (χ4n) is 4.23. The number of nitro benzene ring substituents is 1. The van der Waals surface area contributed by atoms with Gasteiger partial charge in [-0.15, -0.1) is 0 Å². The average molecular weight is 480 g/mol. The highest BCUT2D eigenvalue weighted by Gasteiger charge is 2.43. The molecule has 2 amide bonds. The Hall–Kier alpha value is -5.18. The van der Waals surface area contributed by atoms with Crippen molar-refractivity contribution in [3.05, 3.63) is 117 Å². The normalized spacial score (nSPS) is 12.5. The molecule has 9 nitrogen and oxygen atoms in total. The number of hydrogen-bond acceptors (Lipinski definition) is 7. The van der Waals surface area contributed by atoms with Gasteiger partial charge in [0.05, 0.1) is 21.7 Å². The molecule has 4 aromatic carbocycles. The van der Waals surface area contributed by atoms with Gasteiger partial charge in [0.2, 0.25) is 5.78 Å². The molecular formula is C27H16N2O7. The van der Waals surface area contributed by atoms with E-state index in [0.29, 0.717) is 15.8 Å². The van der Waals surface area contributed by atoms with Crippen molar-refractivity contribution in [1.82, 2.24) is 0 Å². The Morgan fingerprint density at radius 1 is 0.806 bits per heavy atom. The van der Waals surface area contributed by atoms with Crippen molar-refractivity contribution in [1.29, 1.82) is 0 Å². The van der Waals surface area contributed by atoms with Crippen LogP contribution in [0.15, 0.2) is 84.9 Å². The first-order valence-corrected chi connectivity index (χ1v) is 10.8. The molecule has 0 fully saturated rings. The van der Waals surface area contributed by atoms with Crippen molar-refractivity contribution < 1.29 is 28.8 Å². The first-order valence-electron chi connectivity index (χ1n) is 10.8. The summed E-state index contributed by atoms with van der Waals surface area (Å²) in [7, 11) is 0. The van der Waals surface area contributed by atoms with Gasteiger partial charge in [-0.25, -0.2) is 9.69 Å². The van der Waals surface area contributed by atoms with Crippen LogP contribution in [-0.4, -0.2) is 35.1 Å². The Balaban J connectivity index is 1.42. The van der Waals surface area contributed by atoms with E-state index in [1.54, 1.807) is 24.3 Å². The quantitative estimate of drug-likeness (QED) is 0.130. The van der Waals surface area contributed by atoms with Crippen LogP contribution in [0.4, 0.5) is 11.4 Å². The van der Waals surface area contributed by atoms with E-state index >= 15 is 0 Å². The predicted molar refractivity (Wildman–Crippen MR) is 129 cm³/mol. The highest BCUT2D eigenvalue weighted by Crippen LogP contribution is 2.35. The van der Waals surface area contributed by atoms with Crippen LogP contribution in [0.3, 0.4) is 0 Å². The molecule has 0 aliphatic carbocycles. The van der Waals surface area contributed by atoms with E-state index in [2.05, 4.69) is 0 Å². The number of benzene rings is 4. The second-order valence-electron chi connectivity index (χ2n) is 7.95. The summed E-state index contributed by atoms with van der Waals surface area (Å²) >= 11 is 0. The third kappa shape index (κ3) is 3.68. The summed E-state index contributed by atoms with van der Waals surface area (Å²) in [5, 5.41) is 13.0. The maximum Gasteiger partial charge on any atom is 0.340 e. The smallest absolute Gasteiger partial charge is 0.340 e. The molecular weight excluding hydrogens is 464 g/mol. The van der Waals surface area contributed by atoms with Gasteiger partial charge in [0.1, 0.15) is 5.56 Å². The zero-order valence-corrected chi connectivity index (χ0v) is 18.5. The molecule has 0 radical (unpaired) electrons. The molecule has 0 saturated heterocycles. The van der Waals surface area contributed by atoms with Crippen LogP contribution >= 0.6 is 0 Å². The Kier molecular flexibility index (Phi) is 5.57. The summed E-state index contributed by atoms with van der Waals surface area (Å²) in [4.78, 5) is 63.2. The molecule has 1 aliphatic rings. The van der Waals surface area contributed by atoms with E-state index in [9.17, 15) is 29.3 Å². The zero-order chi connectivity index (χ0) is 25.4. The van der Waals surface area contributed by atoms with Gasteiger partial charge in [-0.3, -0.25) is 24.5 Å². The van der Waals surface area contributed by atoms with Gasteiger partial charge >= 0.3 is 5.97 Å². The van der Waals surface area contributed by atoms with Gasteiger partial charge in [0.25, 0.3) is 17.5 Å². The lowest BCUT2D eigenvalue weighted by atomic mass is 10.0. The van der Waals surface area contributed by atoms with Crippen LogP contribution in [-0.2, 0) is 4.74 Å². The Bertz CT molecular complexity index is 1600. The largest absolute Gasteiger partial charge is 0.454 e. The molecule has 9 heteroatoms. The minimum Gasteiger partial charge on any atom is -0.454 e. The standard InChI is InChI=1S/C27H16N2O7/c30-23(18-11-5-8-16-7-1-2-9-17(16)18)15-36-27(33)19-10-3-4-13-21(19)28-25(31)20-12-6-14-22(29(34)35)24(20)26(28)32/h1-14H,15H2. The van der Waals surface area contributed by atoms with Crippen LogP contribution in [0.25, 0.3) is 10.8 Å². The van der Waals surface area contributed by atoms with Gasteiger partial charge < -0.3 is 4.74 Å². The Morgan fingerprint density at radius 3 is 2.28 bits per heavy atom. The summed E-state index contributed by atoms with van der Waals surface area (Å²) < 4.78 is 5.26. The average Bonchev–Trinajstić information content (AvgIpc) is 3.16. The van der Waals surface area contributed by atoms with Crippen molar-refractivity contribution in [3.63, 3.8) is 0 Å². The molecule has 1 heterocycles. The topological polar surface area (TPSA) is 124 Å². The van der Waals surface area contributed by atoms with Crippen molar-refractivity contribution in [2.75, 3.05) is 11.5 Å². The molecule has 0 saturated carbocycles. The van der Waals surface area contributed by atoms with Crippen molar-refractivity contribution in [2.24, 2.45) is 0 Å². The molecule has 4 aromatic rings. The Morgan fingerprint density at radius 2 is 1.47 bits per heavy atom. The molecule has 0 spiro atoms. The summed E-state index contributed by atoms with van der Waals surface area (Å²) in [5.41, 5.74) is -0.831. The molecule has 0 atom stereocenters. The minimum absolute atomic E-state index is 0.0967. The van der Waals surface area contributed by atoms with Crippen LogP contribution in [0, 0.1) is 10.1 Å². The number of carbonyl (C=O) groups is 4.